The predicted molar refractivity (Wildman–Crippen MR) is 163 cm³/mol. The van der Waals surface area contributed by atoms with Gasteiger partial charge in [-0.3, -0.25) is 14.6 Å². The molecule has 1 atom stereocenters. The number of hydrogen-bond acceptors (Lipinski definition) is 7. The Bertz CT molecular complexity index is 1380. The number of aromatic nitrogens is 3. The maximum atomic E-state index is 11.4. The van der Waals surface area contributed by atoms with E-state index >= 15 is 0 Å². The first-order chi connectivity index (χ1) is 20.4. The van der Waals surface area contributed by atoms with E-state index in [4.69, 9.17) is 14.2 Å². The minimum absolute atomic E-state index is 0.289. The SMILES string of the molecule is CC(C)(C)OC(=O)N1C=CC=CC1.c1cnc(C2CCCCN2)c(OCc2ccc3cnn(C4CCOCC4)c3c2)c1. The number of hydrogen-bond donors (Lipinski definition) is 1. The number of ether oxygens (including phenoxy) is 3. The van der Waals surface area contributed by atoms with Gasteiger partial charge in [-0.05, 0) is 82.8 Å². The quantitative estimate of drug-likeness (QED) is 0.373. The van der Waals surface area contributed by atoms with E-state index in [1.54, 1.807) is 6.20 Å². The molecule has 0 radical (unpaired) electrons. The van der Waals surface area contributed by atoms with Gasteiger partial charge in [-0.2, -0.15) is 5.10 Å². The van der Waals surface area contributed by atoms with Crippen molar-refractivity contribution in [3.63, 3.8) is 0 Å². The molecule has 3 aliphatic rings. The molecule has 2 fully saturated rings. The highest BCUT2D eigenvalue weighted by Gasteiger charge is 2.22. The monoisotopic (exact) mass is 573 g/mol. The van der Waals surface area contributed by atoms with Crippen molar-refractivity contribution >= 4 is 17.0 Å². The van der Waals surface area contributed by atoms with Gasteiger partial charge in [-0.25, -0.2) is 4.79 Å². The maximum Gasteiger partial charge on any atom is 0.414 e. The highest BCUT2D eigenvalue weighted by Crippen LogP contribution is 2.30. The zero-order valence-electron chi connectivity index (χ0n) is 25.0. The minimum Gasteiger partial charge on any atom is -0.487 e. The molecule has 1 N–H and O–H groups in total. The van der Waals surface area contributed by atoms with Crippen molar-refractivity contribution in [2.24, 2.45) is 0 Å². The summed E-state index contributed by atoms with van der Waals surface area (Å²) >= 11 is 0. The highest BCUT2D eigenvalue weighted by atomic mass is 16.6. The van der Waals surface area contributed by atoms with Crippen LogP contribution in [-0.4, -0.2) is 57.7 Å². The average molecular weight is 574 g/mol. The smallest absolute Gasteiger partial charge is 0.414 e. The van der Waals surface area contributed by atoms with Crippen molar-refractivity contribution in [2.45, 2.75) is 77.2 Å². The van der Waals surface area contributed by atoms with E-state index in [1.165, 1.54) is 28.6 Å². The van der Waals surface area contributed by atoms with Gasteiger partial charge in [-0.15, -0.1) is 0 Å². The summed E-state index contributed by atoms with van der Waals surface area (Å²) in [6.07, 6.45) is 16.5. The Morgan fingerprint density at radius 3 is 2.71 bits per heavy atom. The molecule has 42 heavy (non-hydrogen) atoms. The fourth-order valence-electron chi connectivity index (χ4n) is 5.35. The van der Waals surface area contributed by atoms with E-state index in [2.05, 4.69) is 38.3 Å². The summed E-state index contributed by atoms with van der Waals surface area (Å²) in [6.45, 7) is 9.36. The molecule has 3 aromatic rings. The van der Waals surface area contributed by atoms with Gasteiger partial charge < -0.3 is 19.5 Å². The molecule has 0 aliphatic carbocycles. The molecule has 2 aromatic heterocycles. The topological polar surface area (TPSA) is 90.7 Å². The zero-order chi connectivity index (χ0) is 29.4. The van der Waals surface area contributed by atoms with Crippen molar-refractivity contribution in [3.8, 4) is 5.75 Å². The van der Waals surface area contributed by atoms with Crippen LogP contribution in [0.15, 0.2) is 67.2 Å². The van der Waals surface area contributed by atoms with Crippen LogP contribution in [0.2, 0.25) is 0 Å². The number of rotatable bonds is 5. The Morgan fingerprint density at radius 1 is 1.12 bits per heavy atom. The third-order valence-corrected chi connectivity index (χ3v) is 7.48. The molecule has 2 saturated heterocycles. The molecule has 0 bridgehead atoms. The number of nitrogens with one attached hydrogen (secondary N) is 1. The molecule has 9 nitrogen and oxygen atoms in total. The van der Waals surface area contributed by atoms with Crippen LogP contribution >= 0.6 is 0 Å². The Hall–Kier alpha value is -3.69. The third-order valence-electron chi connectivity index (χ3n) is 7.48. The summed E-state index contributed by atoms with van der Waals surface area (Å²) in [4.78, 5) is 17.6. The number of carbonyl (C=O) groups is 1. The number of pyridine rings is 1. The van der Waals surface area contributed by atoms with Gasteiger partial charge in [0.05, 0.1) is 29.5 Å². The van der Waals surface area contributed by atoms with Gasteiger partial charge in [0.2, 0.25) is 0 Å². The van der Waals surface area contributed by atoms with Crippen molar-refractivity contribution in [2.75, 3.05) is 26.3 Å². The molecule has 6 rings (SSSR count). The second kappa shape index (κ2) is 14.0. The first-order valence-electron chi connectivity index (χ1n) is 15.1. The third kappa shape index (κ3) is 7.98. The molecular weight excluding hydrogens is 530 g/mol. The van der Waals surface area contributed by atoms with Crippen LogP contribution in [0, 0.1) is 0 Å². The summed E-state index contributed by atoms with van der Waals surface area (Å²) in [7, 11) is 0. The number of benzene rings is 1. The van der Waals surface area contributed by atoms with E-state index in [9.17, 15) is 4.79 Å². The number of allylic oxidation sites excluding steroid dienone is 2. The molecule has 1 unspecified atom stereocenters. The van der Waals surface area contributed by atoms with Gasteiger partial charge in [0.25, 0.3) is 0 Å². The van der Waals surface area contributed by atoms with Gasteiger partial charge >= 0.3 is 6.09 Å². The molecule has 3 aliphatic heterocycles. The molecule has 0 spiro atoms. The van der Waals surface area contributed by atoms with E-state index < -0.39 is 5.60 Å². The summed E-state index contributed by atoms with van der Waals surface area (Å²) in [6, 6.07) is 11.2. The van der Waals surface area contributed by atoms with Crippen LogP contribution in [0.3, 0.4) is 0 Å². The normalized spacial score (nSPS) is 19.3. The lowest BCUT2D eigenvalue weighted by atomic mass is 10.0. The standard InChI is InChI=1S/C23H28N4O2.C10H15NO2/c1-2-10-24-20(4-1)23-22(5-3-11-25-23)29-16-17-6-7-18-15-26-27(21(18)14-17)19-8-12-28-13-9-19;1-10(2,3)13-9(12)11-7-5-4-6-8-11/h3,5-7,11,14-15,19-20,24H,1-2,4,8-10,12-13,16H2;4-7H,8H2,1-3H3. The Labute approximate surface area is 248 Å². The largest absolute Gasteiger partial charge is 0.487 e. The number of piperidine rings is 1. The molecule has 1 aromatic carbocycles. The van der Waals surface area contributed by atoms with Crippen LogP contribution < -0.4 is 10.1 Å². The van der Waals surface area contributed by atoms with E-state index in [1.807, 2.05) is 63.5 Å². The van der Waals surface area contributed by atoms with Crippen LogP contribution in [0.4, 0.5) is 4.79 Å². The zero-order valence-corrected chi connectivity index (χ0v) is 25.0. The van der Waals surface area contributed by atoms with Gasteiger partial charge in [0.1, 0.15) is 18.0 Å². The van der Waals surface area contributed by atoms with E-state index in [0.717, 1.165) is 56.0 Å². The predicted octanol–water partition coefficient (Wildman–Crippen LogP) is 6.48. The lowest BCUT2D eigenvalue weighted by Gasteiger charge is -2.25. The Kier molecular flexibility index (Phi) is 9.92. The summed E-state index contributed by atoms with van der Waals surface area (Å²) < 4.78 is 19.1. The first-order valence-corrected chi connectivity index (χ1v) is 15.1. The lowest BCUT2D eigenvalue weighted by Crippen LogP contribution is -2.34. The number of fused-ring (bicyclic) bond motifs is 1. The highest BCUT2D eigenvalue weighted by molar-refractivity contribution is 5.79. The van der Waals surface area contributed by atoms with Crippen LogP contribution in [0.1, 0.15) is 76.2 Å². The minimum atomic E-state index is -0.425. The number of amides is 1. The fourth-order valence-corrected chi connectivity index (χ4v) is 5.35. The molecule has 5 heterocycles. The summed E-state index contributed by atoms with van der Waals surface area (Å²) in [5.41, 5.74) is 2.93. The molecule has 9 heteroatoms. The molecule has 0 saturated carbocycles. The van der Waals surface area contributed by atoms with Crippen LogP contribution in [0.5, 0.6) is 5.75 Å². The second-order valence-corrected chi connectivity index (χ2v) is 11.9. The maximum absolute atomic E-state index is 11.4. The lowest BCUT2D eigenvalue weighted by molar-refractivity contribution is 0.0350. The van der Waals surface area contributed by atoms with Crippen LogP contribution in [-0.2, 0) is 16.1 Å². The average Bonchev–Trinajstić information content (AvgIpc) is 3.44. The Balaban J connectivity index is 0.000000229. The van der Waals surface area contributed by atoms with Gasteiger partial charge in [-0.1, -0.05) is 30.7 Å². The second-order valence-electron chi connectivity index (χ2n) is 11.9. The number of nitrogens with zero attached hydrogens (tertiary/aromatic N) is 4. The van der Waals surface area contributed by atoms with Crippen LogP contribution in [0.25, 0.3) is 10.9 Å². The van der Waals surface area contributed by atoms with E-state index in [-0.39, 0.29) is 12.1 Å². The van der Waals surface area contributed by atoms with Crippen molar-refractivity contribution in [3.05, 3.63) is 78.4 Å². The van der Waals surface area contributed by atoms with Crippen molar-refractivity contribution in [1.82, 2.24) is 25.0 Å². The van der Waals surface area contributed by atoms with Crippen molar-refractivity contribution < 1.29 is 19.0 Å². The summed E-state index contributed by atoms with van der Waals surface area (Å²) in [5.74, 6) is 0.880. The van der Waals surface area contributed by atoms with Gasteiger partial charge in [0, 0.05) is 37.5 Å². The summed E-state index contributed by atoms with van der Waals surface area (Å²) in [5, 5.41) is 9.40. The van der Waals surface area contributed by atoms with E-state index in [0.29, 0.717) is 19.2 Å². The first kappa shape index (κ1) is 29.8. The molecule has 1 amide bonds. The molecule has 224 valence electrons. The molecular formula is C33H43N5O4. The fraction of sp³-hybridized carbons (Fsp3) is 0.485. The van der Waals surface area contributed by atoms with Gasteiger partial charge in [0.15, 0.2) is 0 Å². The number of carbonyl (C=O) groups excluding carboxylic acids is 1. The Morgan fingerprint density at radius 2 is 1.98 bits per heavy atom. The van der Waals surface area contributed by atoms with Crippen molar-refractivity contribution in [1.29, 1.82) is 0 Å².